The van der Waals surface area contributed by atoms with Gasteiger partial charge < -0.3 is 15.2 Å². The van der Waals surface area contributed by atoms with Crippen LogP contribution in [-0.4, -0.2) is 27.7 Å². The number of carbonyl (C=O) groups is 1. The van der Waals surface area contributed by atoms with Crippen LogP contribution in [0.1, 0.15) is 0 Å². The number of phenols is 1. The van der Waals surface area contributed by atoms with Crippen LogP contribution in [0.25, 0.3) is 11.3 Å². The maximum Gasteiger partial charge on any atom is 0.254 e. The predicted octanol–water partition coefficient (Wildman–Crippen LogP) is 2.26. The highest BCUT2D eigenvalue weighted by Crippen LogP contribution is 2.26. The van der Waals surface area contributed by atoms with Crippen LogP contribution in [0.4, 0.5) is 5.69 Å². The van der Waals surface area contributed by atoms with Crippen molar-refractivity contribution in [3.63, 3.8) is 0 Å². The number of carbonyl (C=O) groups excluding carboxylic acids is 1. The Morgan fingerprint density at radius 1 is 1.19 bits per heavy atom. The Labute approximate surface area is 149 Å². The maximum absolute atomic E-state index is 12.3. The third-order valence-electron chi connectivity index (χ3n) is 3.71. The SMILES string of the molecule is COc1ccccc1-c1cc(=O)n(CC(=O)Nc2cccc(O)c2)cn1. The molecule has 1 amide bonds. The summed E-state index contributed by atoms with van der Waals surface area (Å²) in [4.78, 5) is 28.7. The average Bonchev–Trinajstić information content (AvgIpc) is 2.63. The maximum atomic E-state index is 12.3. The molecule has 0 saturated heterocycles. The Morgan fingerprint density at radius 3 is 2.73 bits per heavy atom. The first-order valence-corrected chi connectivity index (χ1v) is 7.85. The van der Waals surface area contributed by atoms with Crippen molar-refractivity contribution >= 4 is 11.6 Å². The summed E-state index contributed by atoms with van der Waals surface area (Å²) in [5, 5.41) is 12.0. The van der Waals surface area contributed by atoms with Crippen molar-refractivity contribution in [1.82, 2.24) is 9.55 Å². The van der Waals surface area contributed by atoms with E-state index in [1.54, 1.807) is 31.4 Å². The molecular formula is C19H17N3O4. The van der Waals surface area contributed by atoms with Gasteiger partial charge in [0.2, 0.25) is 5.91 Å². The Morgan fingerprint density at radius 2 is 2.00 bits per heavy atom. The lowest BCUT2D eigenvalue weighted by Crippen LogP contribution is -2.27. The van der Waals surface area contributed by atoms with Crippen LogP contribution in [0.2, 0.25) is 0 Å². The topological polar surface area (TPSA) is 93.5 Å². The molecule has 7 heteroatoms. The first-order valence-electron chi connectivity index (χ1n) is 7.85. The molecule has 0 fully saturated rings. The van der Waals surface area contributed by atoms with Gasteiger partial charge in [-0.05, 0) is 24.3 Å². The minimum atomic E-state index is -0.399. The number of methoxy groups -OCH3 is 1. The summed E-state index contributed by atoms with van der Waals surface area (Å²) in [5.41, 5.74) is 1.26. The molecule has 0 aliphatic carbocycles. The molecule has 0 saturated carbocycles. The van der Waals surface area contributed by atoms with Gasteiger partial charge >= 0.3 is 0 Å². The van der Waals surface area contributed by atoms with E-state index in [1.165, 1.54) is 29.1 Å². The number of ether oxygens (including phenoxy) is 1. The van der Waals surface area contributed by atoms with E-state index in [0.29, 0.717) is 22.7 Å². The van der Waals surface area contributed by atoms with E-state index in [4.69, 9.17) is 4.74 Å². The summed E-state index contributed by atoms with van der Waals surface area (Å²) in [6.45, 7) is -0.187. The van der Waals surface area contributed by atoms with E-state index in [-0.39, 0.29) is 17.9 Å². The molecule has 0 radical (unpaired) electrons. The molecule has 0 bridgehead atoms. The zero-order valence-electron chi connectivity index (χ0n) is 14.0. The number of nitrogens with zero attached hydrogens (tertiary/aromatic N) is 2. The lowest BCUT2D eigenvalue weighted by molar-refractivity contribution is -0.116. The Hall–Kier alpha value is -3.61. The minimum Gasteiger partial charge on any atom is -0.508 e. The third-order valence-corrected chi connectivity index (χ3v) is 3.71. The molecule has 26 heavy (non-hydrogen) atoms. The molecule has 7 nitrogen and oxygen atoms in total. The second-order valence-corrected chi connectivity index (χ2v) is 5.54. The molecule has 132 valence electrons. The van der Waals surface area contributed by atoms with Crippen LogP contribution in [0.3, 0.4) is 0 Å². The van der Waals surface area contributed by atoms with Crippen molar-refractivity contribution in [1.29, 1.82) is 0 Å². The summed E-state index contributed by atoms with van der Waals surface area (Å²) >= 11 is 0. The molecule has 3 aromatic rings. The molecule has 0 atom stereocenters. The van der Waals surface area contributed by atoms with Gasteiger partial charge in [-0.3, -0.25) is 14.2 Å². The highest BCUT2D eigenvalue weighted by Gasteiger charge is 2.10. The van der Waals surface area contributed by atoms with Gasteiger partial charge in [0, 0.05) is 23.4 Å². The van der Waals surface area contributed by atoms with Crippen molar-refractivity contribution in [2.75, 3.05) is 12.4 Å². The lowest BCUT2D eigenvalue weighted by Gasteiger charge is -2.10. The number of nitrogens with one attached hydrogen (secondary N) is 1. The molecule has 3 rings (SSSR count). The fraction of sp³-hybridized carbons (Fsp3) is 0.105. The summed E-state index contributed by atoms with van der Waals surface area (Å²) in [7, 11) is 1.55. The van der Waals surface area contributed by atoms with Gasteiger partial charge in [0.25, 0.3) is 5.56 Å². The van der Waals surface area contributed by atoms with E-state index in [1.807, 2.05) is 12.1 Å². The third kappa shape index (κ3) is 3.89. The monoisotopic (exact) mass is 351 g/mol. The summed E-state index contributed by atoms with van der Waals surface area (Å²) in [5.74, 6) is 0.256. The number of amides is 1. The van der Waals surface area contributed by atoms with Gasteiger partial charge in [-0.15, -0.1) is 0 Å². The normalized spacial score (nSPS) is 10.3. The number of aromatic hydroxyl groups is 1. The highest BCUT2D eigenvalue weighted by atomic mass is 16.5. The average molecular weight is 351 g/mol. The quantitative estimate of drug-likeness (QED) is 0.735. The molecule has 2 N–H and O–H groups in total. The molecule has 0 spiro atoms. The summed E-state index contributed by atoms with van der Waals surface area (Å²) < 4.78 is 6.48. The lowest BCUT2D eigenvalue weighted by atomic mass is 10.1. The van der Waals surface area contributed by atoms with Crippen molar-refractivity contribution < 1.29 is 14.6 Å². The van der Waals surface area contributed by atoms with E-state index in [9.17, 15) is 14.7 Å². The molecule has 1 aromatic heterocycles. The van der Waals surface area contributed by atoms with Crippen LogP contribution in [0, 0.1) is 0 Å². The molecule has 0 aliphatic heterocycles. The van der Waals surface area contributed by atoms with Crippen LogP contribution in [0.5, 0.6) is 11.5 Å². The van der Waals surface area contributed by atoms with Crippen LogP contribution < -0.4 is 15.6 Å². The molecular weight excluding hydrogens is 334 g/mol. The van der Waals surface area contributed by atoms with Crippen LogP contribution in [-0.2, 0) is 11.3 Å². The first-order chi connectivity index (χ1) is 12.6. The van der Waals surface area contributed by atoms with Crippen molar-refractivity contribution in [3.8, 4) is 22.8 Å². The largest absolute Gasteiger partial charge is 0.508 e. The molecule has 2 aromatic carbocycles. The minimum absolute atomic E-state index is 0.0443. The van der Waals surface area contributed by atoms with Gasteiger partial charge in [0.15, 0.2) is 0 Å². The zero-order valence-corrected chi connectivity index (χ0v) is 14.0. The Kier molecular flexibility index (Phi) is 4.98. The van der Waals surface area contributed by atoms with Gasteiger partial charge in [-0.2, -0.15) is 0 Å². The van der Waals surface area contributed by atoms with E-state index >= 15 is 0 Å². The van der Waals surface area contributed by atoms with E-state index in [0.717, 1.165) is 0 Å². The number of anilines is 1. The number of rotatable bonds is 5. The second kappa shape index (κ2) is 7.52. The van der Waals surface area contributed by atoms with Crippen molar-refractivity contribution in [2.45, 2.75) is 6.54 Å². The summed E-state index contributed by atoms with van der Waals surface area (Å²) in [6.07, 6.45) is 1.33. The molecule has 0 unspecified atom stereocenters. The number of para-hydroxylation sites is 1. The number of benzene rings is 2. The Bertz CT molecular complexity index is 998. The molecule has 1 heterocycles. The van der Waals surface area contributed by atoms with Crippen molar-refractivity contribution in [3.05, 3.63) is 71.3 Å². The Balaban J connectivity index is 1.78. The standard InChI is InChI=1S/C19H17N3O4/c1-26-17-8-3-2-7-15(17)16-10-19(25)22(12-20-16)11-18(24)21-13-5-4-6-14(23)9-13/h2-10,12,23H,11H2,1H3,(H,21,24). The van der Waals surface area contributed by atoms with E-state index in [2.05, 4.69) is 10.3 Å². The van der Waals surface area contributed by atoms with Gasteiger partial charge in [0.05, 0.1) is 19.1 Å². The number of aromatic nitrogens is 2. The smallest absolute Gasteiger partial charge is 0.254 e. The van der Waals surface area contributed by atoms with Crippen LogP contribution in [0.15, 0.2) is 65.7 Å². The summed E-state index contributed by atoms with van der Waals surface area (Å²) in [6, 6.07) is 14.8. The fourth-order valence-electron chi connectivity index (χ4n) is 2.49. The van der Waals surface area contributed by atoms with Gasteiger partial charge in [-0.1, -0.05) is 18.2 Å². The number of hydrogen-bond donors (Lipinski definition) is 2. The predicted molar refractivity (Wildman–Crippen MR) is 97.2 cm³/mol. The van der Waals surface area contributed by atoms with Gasteiger partial charge in [-0.25, -0.2) is 4.98 Å². The van der Waals surface area contributed by atoms with E-state index < -0.39 is 5.91 Å². The number of phenolic OH excluding ortho intramolecular Hbond substituents is 1. The highest BCUT2D eigenvalue weighted by molar-refractivity contribution is 5.90. The van der Waals surface area contributed by atoms with Crippen molar-refractivity contribution in [2.24, 2.45) is 0 Å². The molecule has 0 aliphatic rings. The number of hydrogen-bond acceptors (Lipinski definition) is 5. The fourth-order valence-corrected chi connectivity index (χ4v) is 2.49. The van der Waals surface area contributed by atoms with Gasteiger partial charge in [0.1, 0.15) is 18.0 Å². The van der Waals surface area contributed by atoms with Crippen LogP contribution >= 0.6 is 0 Å². The zero-order chi connectivity index (χ0) is 18.5. The first kappa shape index (κ1) is 17.2. The second-order valence-electron chi connectivity index (χ2n) is 5.54.